The number of hydrogen-bond donors (Lipinski definition) is 0. The van der Waals surface area contributed by atoms with Crippen molar-refractivity contribution in [2.24, 2.45) is 7.05 Å². The van der Waals surface area contributed by atoms with Gasteiger partial charge in [-0.15, -0.1) is 11.3 Å². The summed E-state index contributed by atoms with van der Waals surface area (Å²) >= 11 is 1.37. The molecule has 0 saturated carbocycles. The maximum atomic E-state index is 12.9. The van der Waals surface area contributed by atoms with E-state index in [9.17, 15) is 13.2 Å². The molecule has 7 nitrogen and oxygen atoms in total. The lowest BCUT2D eigenvalue weighted by Crippen LogP contribution is -2.45. The van der Waals surface area contributed by atoms with Crippen LogP contribution in [0, 0.1) is 0 Å². The topological polar surface area (TPSA) is 85.2 Å². The molecule has 1 fully saturated rings. The highest BCUT2D eigenvalue weighted by molar-refractivity contribution is 7.91. The smallest absolute Gasteiger partial charge is 0.266 e. The van der Waals surface area contributed by atoms with Gasteiger partial charge in [-0.2, -0.15) is 5.10 Å². The van der Waals surface area contributed by atoms with Crippen LogP contribution in [0.4, 0.5) is 0 Å². The normalized spacial score (nSPS) is 20.5. The van der Waals surface area contributed by atoms with Crippen LogP contribution in [0.5, 0.6) is 0 Å². The highest BCUT2D eigenvalue weighted by Crippen LogP contribution is 2.30. The van der Waals surface area contributed by atoms with E-state index in [2.05, 4.69) is 10.1 Å². The number of carbonyl (C=O) groups is 1. The Hall–Kier alpha value is -1.74. The minimum absolute atomic E-state index is 0.00859. The van der Waals surface area contributed by atoms with Crippen LogP contribution < -0.4 is 0 Å². The predicted molar refractivity (Wildman–Crippen MR) is 91.8 cm³/mol. The van der Waals surface area contributed by atoms with Gasteiger partial charge in [0.05, 0.1) is 34.9 Å². The van der Waals surface area contributed by atoms with Gasteiger partial charge in [-0.25, -0.2) is 13.4 Å². The van der Waals surface area contributed by atoms with Gasteiger partial charge >= 0.3 is 0 Å². The van der Waals surface area contributed by atoms with Crippen LogP contribution in [0.3, 0.4) is 0 Å². The summed E-state index contributed by atoms with van der Waals surface area (Å²) < 4.78 is 25.7. The fraction of sp³-hybridized carbons (Fsp3) is 0.533. The third kappa shape index (κ3) is 3.36. The van der Waals surface area contributed by atoms with E-state index in [1.54, 1.807) is 35.2 Å². The number of hydrogen-bond acceptors (Lipinski definition) is 6. The third-order valence-electron chi connectivity index (χ3n) is 4.03. The Morgan fingerprint density at radius 3 is 2.71 bits per heavy atom. The van der Waals surface area contributed by atoms with Crippen LogP contribution in [0.25, 0.3) is 0 Å². The molecule has 1 aliphatic heterocycles. The van der Waals surface area contributed by atoms with Gasteiger partial charge in [-0.1, -0.05) is 13.8 Å². The first kappa shape index (κ1) is 17.1. The van der Waals surface area contributed by atoms with Crippen molar-refractivity contribution < 1.29 is 13.2 Å². The first-order chi connectivity index (χ1) is 11.3. The number of carbonyl (C=O) groups excluding carboxylic acids is 1. The summed E-state index contributed by atoms with van der Waals surface area (Å²) in [4.78, 5) is 19.4. The van der Waals surface area contributed by atoms with Crippen LogP contribution in [-0.2, 0) is 16.9 Å². The van der Waals surface area contributed by atoms with Gasteiger partial charge in [-0.3, -0.25) is 9.48 Å². The van der Waals surface area contributed by atoms with Crippen molar-refractivity contribution in [3.63, 3.8) is 0 Å². The summed E-state index contributed by atoms with van der Waals surface area (Å²) in [6.45, 7) is 4.24. The maximum Gasteiger partial charge on any atom is 0.266 e. The number of rotatable bonds is 3. The Bertz CT molecular complexity index is 854. The second-order valence-electron chi connectivity index (χ2n) is 6.29. The van der Waals surface area contributed by atoms with E-state index in [0.717, 1.165) is 10.6 Å². The summed E-state index contributed by atoms with van der Waals surface area (Å²) in [5, 5.41) is 5.01. The van der Waals surface area contributed by atoms with Gasteiger partial charge in [0, 0.05) is 31.3 Å². The van der Waals surface area contributed by atoms with Crippen LogP contribution in [-0.4, -0.2) is 52.0 Å². The van der Waals surface area contributed by atoms with E-state index in [-0.39, 0.29) is 29.9 Å². The lowest BCUT2D eigenvalue weighted by atomic mass is 10.1. The quantitative estimate of drug-likeness (QED) is 0.822. The molecule has 1 aliphatic rings. The van der Waals surface area contributed by atoms with Gasteiger partial charge in [-0.05, 0) is 0 Å². The zero-order chi connectivity index (χ0) is 17.5. The standard InChI is InChI=1S/C15H20N4O3S2/c1-10(2)14-16-7-13(23-14)15(20)19-4-5-24(21,22)9-12(19)11-6-17-18(3)8-11/h6-8,10,12H,4-5,9H2,1-3H3/t12-/m1/s1. The number of sulfone groups is 1. The number of nitrogens with zero attached hydrogens (tertiary/aromatic N) is 4. The summed E-state index contributed by atoms with van der Waals surface area (Å²) in [7, 11) is -1.40. The molecule has 0 N–H and O–H groups in total. The SMILES string of the molecule is CC(C)c1ncc(C(=O)N2CCS(=O)(=O)C[C@@H]2c2cnn(C)c2)s1. The lowest BCUT2D eigenvalue weighted by Gasteiger charge is -2.34. The van der Waals surface area contributed by atoms with Crippen molar-refractivity contribution in [3.8, 4) is 0 Å². The van der Waals surface area contributed by atoms with Crippen molar-refractivity contribution in [2.75, 3.05) is 18.1 Å². The Morgan fingerprint density at radius 1 is 1.38 bits per heavy atom. The molecule has 0 aliphatic carbocycles. The highest BCUT2D eigenvalue weighted by atomic mass is 32.2. The molecule has 130 valence electrons. The fourth-order valence-electron chi connectivity index (χ4n) is 2.73. The molecule has 2 aromatic rings. The van der Waals surface area contributed by atoms with Gasteiger partial charge in [0.25, 0.3) is 5.91 Å². The Labute approximate surface area is 145 Å². The lowest BCUT2D eigenvalue weighted by molar-refractivity contribution is 0.0702. The first-order valence-electron chi connectivity index (χ1n) is 7.72. The molecule has 1 saturated heterocycles. The zero-order valence-corrected chi connectivity index (χ0v) is 15.5. The summed E-state index contributed by atoms with van der Waals surface area (Å²) in [5.74, 6) is 0.0153. The van der Waals surface area contributed by atoms with Gasteiger partial charge in [0.2, 0.25) is 0 Å². The number of aromatic nitrogens is 3. The number of aryl methyl sites for hydroxylation is 1. The Balaban J connectivity index is 1.92. The van der Waals surface area contributed by atoms with Crippen molar-refractivity contribution in [2.45, 2.75) is 25.8 Å². The third-order valence-corrected chi connectivity index (χ3v) is 6.94. The molecular weight excluding hydrogens is 348 g/mol. The number of thiazole rings is 1. The van der Waals surface area contributed by atoms with E-state index in [4.69, 9.17) is 0 Å². The molecular formula is C15H20N4O3S2. The summed E-state index contributed by atoms with van der Waals surface area (Å²) in [5.41, 5.74) is 0.739. The second-order valence-corrected chi connectivity index (χ2v) is 9.58. The Kier molecular flexibility index (Phi) is 4.48. The average Bonchev–Trinajstić information content (AvgIpc) is 3.14. The van der Waals surface area contributed by atoms with E-state index in [1.165, 1.54) is 11.3 Å². The van der Waals surface area contributed by atoms with Crippen molar-refractivity contribution in [1.29, 1.82) is 0 Å². The largest absolute Gasteiger partial charge is 0.329 e. The molecule has 9 heteroatoms. The second kappa shape index (κ2) is 6.29. The minimum Gasteiger partial charge on any atom is -0.329 e. The molecule has 0 radical (unpaired) electrons. The van der Waals surface area contributed by atoms with E-state index < -0.39 is 15.9 Å². The monoisotopic (exact) mass is 368 g/mol. The van der Waals surface area contributed by atoms with Crippen LogP contribution >= 0.6 is 11.3 Å². The molecule has 2 aromatic heterocycles. The summed E-state index contributed by atoms with van der Waals surface area (Å²) in [6, 6.07) is -0.505. The minimum atomic E-state index is -3.17. The van der Waals surface area contributed by atoms with Crippen LogP contribution in [0.15, 0.2) is 18.6 Å². The van der Waals surface area contributed by atoms with E-state index >= 15 is 0 Å². The van der Waals surface area contributed by atoms with Gasteiger partial charge < -0.3 is 4.90 Å². The molecule has 3 rings (SSSR count). The highest BCUT2D eigenvalue weighted by Gasteiger charge is 2.36. The molecule has 0 aromatic carbocycles. The molecule has 1 atom stereocenters. The molecule has 3 heterocycles. The first-order valence-corrected chi connectivity index (χ1v) is 10.4. The average molecular weight is 368 g/mol. The predicted octanol–water partition coefficient (Wildman–Crippen LogP) is 1.61. The van der Waals surface area contributed by atoms with Crippen LogP contribution in [0.1, 0.15) is 46.0 Å². The fourth-order valence-corrected chi connectivity index (χ4v) is 5.10. The maximum absolute atomic E-state index is 12.9. The number of amides is 1. The van der Waals surface area contributed by atoms with Gasteiger partial charge in [0.15, 0.2) is 9.84 Å². The van der Waals surface area contributed by atoms with Crippen molar-refractivity contribution in [1.82, 2.24) is 19.7 Å². The van der Waals surface area contributed by atoms with Crippen molar-refractivity contribution in [3.05, 3.63) is 34.0 Å². The van der Waals surface area contributed by atoms with Gasteiger partial charge in [0.1, 0.15) is 4.88 Å². The molecule has 0 bridgehead atoms. The van der Waals surface area contributed by atoms with Crippen molar-refractivity contribution >= 4 is 27.1 Å². The molecule has 1 amide bonds. The molecule has 0 spiro atoms. The van der Waals surface area contributed by atoms with Crippen LogP contribution in [0.2, 0.25) is 0 Å². The molecule has 24 heavy (non-hydrogen) atoms. The summed E-state index contributed by atoms with van der Waals surface area (Å²) in [6.07, 6.45) is 4.97. The Morgan fingerprint density at radius 2 is 2.12 bits per heavy atom. The van der Waals surface area contributed by atoms with E-state index in [0.29, 0.717) is 4.88 Å². The van der Waals surface area contributed by atoms with E-state index in [1.807, 2.05) is 13.8 Å². The zero-order valence-electron chi connectivity index (χ0n) is 13.8. The molecule has 0 unspecified atom stereocenters.